The molecule has 6 heteroatoms. The van der Waals surface area contributed by atoms with Crippen molar-refractivity contribution in [2.75, 3.05) is 12.4 Å². The summed E-state index contributed by atoms with van der Waals surface area (Å²) in [6.45, 7) is 1.65. The molecular weight excluding hydrogens is 294 g/mol. The summed E-state index contributed by atoms with van der Waals surface area (Å²) in [5.74, 6) is -0.0215. The monoisotopic (exact) mass is 313 g/mol. The lowest BCUT2D eigenvalue weighted by atomic mass is 10.2. The maximum atomic E-state index is 12.1. The SMILES string of the molecule is COc1ccccc1NC(=O)[C@@H](C)NNC(=O)c1ccccc1. The first-order valence-electron chi connectivity index (χ1n) is 7.16. The number of nitrogens with one attached hydrogen (secondary N) is 3. The smallest absolute Gasteiger partial charge is 0.265 e. The minimum Gasteiger partial charge on any atom is -0.495 e. The lowest BCUT2D eigenvalue weighted by Gasteiger charge is -2.16. The molecule has 2 aromatic rings. The second kappa shape index (κ2) is 7.95. The normalized spacial score (nSPS) is 11.4. The van der Waals surface area contributed by atoms with Gasteiger partial charge in [0.1, 0.15) is 11.8 Å². The molecule has 23 heavy (non-hydrogen) atoms. The molecular formula is C17H19N3O3. The van der Waals surface area contributed by atoms with Crippen molar-refractivity contribution in [3.05, 3.63) is 60.2 Å². The minimum absolute atomic E-state index is 0.289. The topological polar surface area (TPSA) is 79.5 Å². The zero-order valence-electron chi connectivity index (χ0n) is 13.0. The van der Waals surface area contributed by atoms with Crippen LogP contribution in [0.5, 0.6) is 5.75 Å². The van der Waals surface area contributed by atoms with Gasteiger partial charge in [0.25, 0.3) is 5.91 Å². The van der Waals surface area contributed by atoms with E-state index in [1.54, 1.807) is 49.4 Å². The van der Waals surface area contributed by atoms with Crippen molar-refractivity contribution in [2.24, 2.45) is 0 Å². The fourth-order valence-corrected chi connectivity index (χ4v) is 1.89. The molecule has 0 saturated carbocycles. The van der Waals surface area contributed by atoms with E-state index >= 15 is 0 Å². The number of hydrogen-bond donors (Lipinski definition) is 3. The number of carbonyl (C=O) groups excluding carboxylic acids is 2. The summed E-state index contributed by atoms with van der Waals surface area (Å²) in [4.78, 5) is 24.1. The molecule has 0 fully saturated rings. The Balaban J connectivity index is 1.89. The fraction of sp³-hybridized carbons (Fsp3) is 0.176. The van der Waals surface area contributed by atoms with Gasteiger partial charge in [-0.15, -0.1) is 0 Å². The highest BCUT2D eigenvalue weighted by atomic mass is 16.5. The lowest BCUT2D eigenvalue weighted by molar-refractivity contribution is -0.117. The van der Waals surface area contributed by atoms with Gasteiger partial charge < -0.3 is 10.1 Å². The van der Waals surface area contributed by atoms with Crippen LogP contribution in [-0.4, -0.2) is 25.0 Å². The van der Waals surface area contributed by atoms with Crippen LogP contribution in [0.4, 0.5) is 5.69 Å². The first-order valence-corrected chi connectivity index (χ1v) is 7.16. The number of ether oxygens (including phenoxy) is 1. The largest absolute Gasteiger partial charge is 0.495 e. The second-order valence-corrected chi connectivity index (χ2v) is 4.88. The van der Waals surface area contributed by atoms with E-state index in [1.807, 2.05) is 12.1 Å². The van der Waals surface area contributed by atoms with Crippen LogP contribution in [0, 0.1) is 0 Å². The van der Waals surface area contributed by atoms with Crippen LogP contribution in [0.15, 0.2) is 54.6 Å². The summed E-state index contributed by atoms with van der Waals surface area (Å²) < 4.78 is 5.18. The van der Waals surface area contributed by atoms with Crippen LogP contribution in [0.2, 0.25) is 0 Å². The van der Waals surface area contributed by atoms with Crippen LogP contribution in [0.25, 0.3) is 0 Å². The van der Waals surface area contributed by atoms with Gasteiger partial charge in [-0.05, 0) is 31.2 Å². The highest BCUT2D eigenvalue weighted by molar-refractivity contribution is 5.97. The summed E-state index contributed by atoms with van der Waals surface area (Å²) in [6.07, 6.45) is 0. The van der Waals surface area contributed by atoms with E-state index in [0.29, 0.717) is 17.0 Å². The Hall–Kier alpha value is -2.86. The number of para-hydroxylation sites is 2. The molecule has 0 aliphatic carbocycles. The van der Waals surface area contributed by atoms with Crippen molar-refractivity contribution in [2.45, 2.75) is 13.0 Å². The molecule has 2 rings (SSSR count). The third-order valence-electron chi connectivity index (χ3n) is 3.20. The Kier molecular flexibility index (Phi) is 5.71. The van der Waals surface area contributed by atoms with Gasteiger partial charge in [0.05, 0.1) is 12.8 Å². The molecule has 0 unspecified atom stereocenters. The van der Waals surface area contributed by atoms with Crippen molar-refractivity contribution in [1.29, 1.82) is 0 Å². The lowest BCUT2D eigenvalue weighted by Crippen LogP contribution is -2.48. The zero-order valence-corrected chi connectivity index (χ0v) is 13.0. The van der Waals surface area contributed by atoms with E-state index < -0.39 is 6.04 Å². The van der Waals surface area contributed by atoms with Gasteiger partial charge >= 0.3 is 0 Å². The molecule has 0 spiro atoms. The van der Waals surface area contributed by atoms with Gasteiger partial charge in [0.15, 0.2) is 0 Å². The molecule has 0 radical (unpaired) electrons. The third-order valence-corrected chi connectivity index (χ3v) is 3.20. The van der Waals surface area contributed by atoms with Crippen LogP contribution in [0.1, 0.15) is 17.3 Å². The minimum atomic E-state index is -0.618. The van der Waals surface area contributed by atoms with Crippen LogP contribution >= 0.6 is 0 Å². The molecule has 120 valence electrons. The zero-order chi connectivity index (χ0) is 16.7. The number of carbonyl (C=O) groups is 2. The summed E-state index contributed by atoms with van der Waals surface area (Å²) in [5.41, 5.74) is 6.28. The maximum Gasteiger partial charge on any atom is 0.265 e. The molecule has 0 saturated heterocycles. The quantitative estimate of drug-likeness (QED) is 0.712. The van der Waals surface area contributed by atoms with Crippen molar-refractivity contribution in [3.63, 3.8) is 0 Å². The van der Waals surface area contributed by atoms with Gasteiger partial charge in [0, 0.05) is 5.56 Å². The van der Waals surface area contributed by atoms with Crippen molar-refractivity contribution in [1.82, 2.24) is 10.9 Å². The number of anilines is 1. The molecule has 0 aliphatic rings. The number of benzene rings is 2. The van der Waals surface area contributed by atoms with Crippen molar-refractivity contribution in [3.8, 4) is 5.75 Å². The fourth-order valence-electron chi connectivity index (χ4n) is 1.89. The molecule has 2 amide bonds. The Bertz CT molecular complexity index is 674. The van der Waals surface area contributed by atoms with Gasteiger partial charge in [-0.2, -0.15) is 0 Å². The number of methoxy groups -OCH3 is 1. The van der Waals surface area contributed by atoms with Crippen LogP contribution in [-0.2, 0) is 4.79 Å². The van der Waals surface area contributed by atoms with Crippen molar-refractivity contribution >= 4 is 17.5 Å². The number of hydrazine groups is 1. The number of amides is 2. The predicted octanol–water partition coefficient (Wildman–Crippen LogP) is 1.96. The predicted molar refractivity (Wildman–Crippen MR) is 88.1 cm³/mol. The highest BCUT2D eigenvalue weighted by Gasteiger charge is 2.15. The third kappa shape index (κ3) is 4.55. The molecule has 0 aliphatic heterocycles. The Morgan fingerprint density at radius 3 is 2.35 bits per heavy atom. The molecule has 0 aromatic heterocycles. The molecule has 0 bridgehead atoms. The Morgan fingerprint density at radius 1 is 1.00 bits per heavy atom. The Morgan fingerprint density at radius 2 is 1.65 bits per heavy atom. The average molecular weight is 313 g/mol. The summed E-state index contributed by atoms with van der Waals surface area (Å²) >= 11 is 0. The molecule has 0 heterocycles. The van der Waals surface area contributed by atoms with E-state index in [0.717, 1.165) is 0 Å². The highest BCUT2D eigenvalue weighted by Crippen LogP contribution is 2.22. The van der Waals surface area contributed by atoms with Gasteiger partial charge in [-0.1, -0.05) is 30.3 Å². The first-order chi connectivity index (χ1) is 11.1. The number of rotatable bonds is 6. The first kappa shape index (κ1) is 16.5. The molecule has 1 atom stereocenters. The second-order valence-electron chi connectivity index (χ2n) is 4.88. The standard InChI is InChI=1S/C17H19N3O3/c1-12(19-20-17(22)13-8-4-3-5-9-13)16(21)18-14-10-6-7-11-15(14)23-2/h3-12,19H,1-2H3,(H,18,21)(H,20,22)/t12-/m1/s1. The van der Waals surface area contributed by atoms with Gasteiger partial charge in [-0.3, -0.25) is 15.0 Å². The molecule has 2 aromatic carbocycles. The van der Waals surface area contributed by atoms with E-state index in [9.17, 15) is 9.59 Å². The Labute approximate surface area is 134 Å². The van der Waals surface area contributed by atoms with E-state index in [1.165, 1.54) is 7.11 Å². The van der Waals surface area contributed by atoms with Crippen molar-refractivity contribution < 1.29 is 14.3 Å². The van der Waals surface area contributed by atoms with Gasteiger partial charge in [-0.25, -0.2) is 5.43 Å². The number of hydrogen-bond acceptors (Lipinski definition) is 4. The molecule has 3 N–H and O–H groups in total. The summed E-state index contributed by atoms with van der Waals surface area (Å²) in [6, 6.07) is 15.2. The van der Waals surface area contributed by atoms with E-state index in [-0.39, 0.29) is 11.8 Å². The summed E-state index contributed by atoms with van der Waals surface area (Å²) in [5, 5.41) is 2.75. The molecule has 6 nitrogen and oxygen atoms in total. The van der Waals surface area contributed by atoms with Crippen LogP contribution < -0.4 is 20.9 Å². The van der Waals surface area contributed by atoms with E-state index in [2.05, 4.69) is 16.2 Å². The maximum absolute atomic E-state index is 12.1. The average Bonchev–Trinajstić information content (AvgIpc) is 2.60. The summed E-state index contributed by atoms with van der Waals surface area (Å²) in [7, 11) is 1.53. The van der Waals surface area contributed by atoms with Gasteiger partial charge in [0.2, 0.25) is 5.91 Å². The van der Waals surface area contributed by atoms with Crippen LogP contribution in [0.3, 0.4) is 0 Å². The van der Waals surface area contributed by atoms with E-state index in [4.69, 9.17) is 4.74 Å².